The smallest absolute Gasteiger partial charge is 0.287 e. The number of hydrogen-bond acceptors (Lipinski definition) is 6. The van der Waals surface area contributed by atoms with Crippen molar-refractivity contribution in [2.24, 2.45) is 5.10 Å². The lowest BCUT2D eigenvalue weighted by Gasteiger charge is -2.09. The fourth-order valence-corrected chi connectivity index (χ4v) is 2.75. The van der Waals surface area contributed by atoms with Crippen LogP contribution in [0.3, 0.4) is 0 Å². The molecule has 0 atom stereocenters. The Morgan fingerprint density at radius 2 is 1.70 bits per heavy atom. The molecule has 166 valence electrons. The summed E-state index contributed by atoms with van der Waals surface area (Å²) in [5, 5.41) is 17.3. The van der Waals surface area contributed by atoms with E-state index in [9.17, 15) is 19.7 Å². The Balaban J connectivity index is 1.80. The first-order chi connectivity index (χ1) is 16.0. The molecular weight excluding hydrogens is 424 g/mol. The van der Waals surface area contributed by atoms with E-state index in [1.165, 1.54) is 30.5 Å². The van der Waals surface area contributed by atoms with Crippen LogP contribution in [0, 0.1) is 10.1 Å². The minimum absolute atomic E-state index is 0.0368. The van der Waals surface area contributed by atoms with Gasteiger partial charge in [0.25, 0.3) is 17.5 Å². The molecule has 3 aromatic carbocycles. The third-order valence-corrected chi connectivity index (χ3v) is 4.42. The molecule has 9 nitrogen and oxygen atoms in total. The molecule has 0 fully saturated rings. The van der Waals surface area contributed by atoms with Gasteiger partial charge in [-0.1, -0.05) is 42.5 Å². The Bertz CT molecular complexity index is 1210. The van der Waals surface area contributed by atoms with Crippen LogP contribution in [0.2, 0.25) is 0 Å². The van der Waals surface area contributed by atoms with Crippen LogP contribution in [-0.2, 0) is 4.79 Å². The number of nitro benzene ring substituents is 1. The van der Waals surface area contributed by atoms with Crippen LogP contribution in [0.1, 0.15) is 21.5 Å². The summed E-state index contributed by atoms with van der Waals surface area (Å²) >= 11 is 0. The largest absolute Gasteiger partial charge is 0.497 e. The van der Waals surface area contributed by atoms with Crippen LogP contribution < -0.4 is 15.5 Å². The summed E-state index contributed by atoms with van der Waals surface area (Å²) in [6, 6.07) is 21.1. The standard InChI is InChI=1S/C24H20N4O5/c1-33-21-12-10-17(11-13-21)15-22(26-23(29)19-7-3-2-4-8-19)24(30)27-25-16-18-6-5-9-20(14-18)28(31)32/h2-16H,1H3,(H,26,29)(H,27,30)/b22-15+,25-16+. The first kappa shape index (κ1) is 22.9. The van der Waals surface area contributed by atoms with Crippen molar-refractivity contribution in [1.82, 2.24) is 10.7 Å². The Morgan fingerprint density at radius 3 is 2.36 bits per heavy atom. The number of rotatable bonds is 8. The quantitative estimate of drug-likeness (QED) is 0.238. The number of hydrazone groups is 1. The van der Waals surface area contributed by atoms with E-state index in [2.05, 4.69) is 15.8 Å². The van der Waals surface area contributed by atoms with Crippen LogP contribution in [0.4, 0.5) is 5.69 Å². The average molecular weight is 444 g/mol. The molecule has 0 bridgehead atoms. The van der Waals surface area contributed by atoms with Crippen molar-refractivity contribution in [2.75, 3.05) is 7.11 Å². The molecule has 33 heavy (non-hydrogen) atoms. The van der Waals surface area contributed by atoms with Gasteiger partial charge in [0.15, 0.2) is 0 Å². The second-order valence-electron chi connectivity index (χ2n) is 6.70. The number of nitrogens with zero attached hydrogens (tertiary/aromatic N) is 2. The van der Waals surface area contributed by atoms with Gasteiger partial charge in [0.2, 0.25) is 0 Å². The van der Waals surface area contributed by atoms with Gasteiger partial charge in [0.05, 0.1) is 18.2 Å². The Kier molecular flexibility index (Phi) is 7.63. The Labute approximate surface area is 189 Å². The molecule has 0 saturated carbocycles. The highest BCUT2D eigenvalue weighted by Crippen LogP contribution is 2.14. The lowest BCUT2D eigenvalue weighted by atomic mass is 10.1. The van der Waals surface area contributed by atoms with Gasteiger partial charge >= 0.3 is 0 Å². The fraction of sp³-hybridized carbons (Fsp3) is 0.0417. The molecule has 0 heterocycles. The SMILES string of the molecule is COc1ccc(/C=C(/NC(=O)c2ccccc2)C(=O)N/N=C/c2cccc([N+](=O)[O-])c2)cc1. The van der Waals surface area contributed by atoms with Crippen LogP contribution >= 0.6 is 0 Å². The zero-order valence-electron chi connectivity index (χ0n) is 17.6. The fourth-order valence-electron chi connectivity index (χ4n) is 2.75. The number of nitro groups is 1. The maximum absolute atomic E-state index is 12.8. The number of nitrogens with one attached hydrogen (secondary N) is 2. The maximum atomic E-state index is 12.8. The van der Waals surface area contributed by atoms with Crippen LogP contribution in [0.25, 0.3) is 6.08 Å². The first-order valence-corrected chi connectivity index (χ1v) is 9.76. The topological polar surface area (TPSA) is 123 Å². The molecule has 0 aliphatic carbocycles. The highest BCUT2D eigenvalue weighted by atomic mass is 16.6. The highest BCUT2D eigenvalue weighted by Gasteiger charge is 2.14. The number of carbonyl (C=O) groups excluding carboxylic acids is 2. The second kappa shape index (κ2) is 11.0. The molecule has 2 N–H and O–H groups in total. The summed E-state index contributed by atoms with van der Waals surface area (Å²) in [6.07, 6.45) is 2.77. The minimum atomic E-state index is -0.670. The summed E-state index contributed by atoms with van der Waals surface area (Å²) in [6.45, 7) is 0. The summed E-state index contributed by atoms with van der Waals surface area (Å²) in [5.74, 6) is -0.488. The minimum Gasteiger partial charge on any atom is -0.497 e. The van der Waals surface area contributed by atoms with Crippen molar-refractivity contribution in [2.45, 2.75) is 0 Å². The van der Waals surface area contributed by atoms with Crippen LogP contribution in [-0.4, -0.2) is 30.1 Å². The molecule has 2 amide bonds. The molecule has 9 heteroatoms. The molecular formula is C24H20N4O5. The number of ether oxygens (including phenoxy) is 1. The maximum Gasteiger partial charge on any atom is 0.287 e. The van der Waals surface area contributed by atoms with E-state index >= 15 is 0 Å². The molecule has 0 radical (unpaired) electrons. The molecule has 0 spiro atoms. The zero-order valence-corrected chi connectivity index (χ0v) is 17.6. The average Bonchev–Trinajstić information content (AvgIpc) is 2.84. The van der Waals surface area contributed by atoms with Crippen LogP contribution in [0.5, 0.6) is 5.75 Å². The molecule has 0 saturated heterocycles. The van der Waals surface area contributed by atoms with Gasteiger partial charge in [0, 0.05) is 23.3 Å². The van der Waals surface area contributed by atoms with E-state index in [1.807, 2.05) is 0 Å². The summed E-state index contributed by atoms with van der Waals surface area (Å²) in [5.41, 5.74) is 3.66. The van der Waals surface area contributed by atoms with E-state index in [0.29, 0.717) is 22.4 Å². The molecule has 0 aromatic heterocycles. The number of hydrogen-bond donors (Lipinski definition) is 2. The summed E-state index contributed by atoms with van der Waals surface area (Å²) < 4.78 is 5.13. The number of carbonyl (C=O) groups is 2. The van der Waals surface area contributed by atoms with Gasteiger partial charge in [-0.2, -0.15) is 5.10 Å². The molecule has 0 aliphatic heterocycles. The zero-order chi connectivity index (χ0) is 23.6. The summed E-state index contributed by atoms with van der Waals surface area (Å²) in [7, 11) is 1.54. The molecule has 0 unspecified atom stereocenters. The van der Waals surface area contributed by atoms with Gasteiger partial charge in [-0.05, 0) is 35.9 Å². The lowest BCUT2D eigenvalue weighted by Crippen LogP contribution is -2.32. The molecule has 0 aliphatic rings. The van der Waals surface area contributed by atoms with Crippen LogP contribution in [0.15, 0.2) is 89.7 Å². The van der Waals surface area contributed by atoms with Gasteiger partial charge < -0.3 is 10.1 Å². The third kappa shape index (κ3) is 6.59. The van der Waals surface area contributed by atoms with Crippen molar-refractivity contribution in [3.05, 3.63) is 111 Å². The second-order valence-corrected chi connectivity index (χ2v) is 6.70. The third-order valence-electron chi connectivity index (χ3n) is 4.42. The van der Waals surface area contributed by atoms with Crippen molar-refractivity contribution < 1.29 is 19.2 Å². The van der Waals surface area contributed by atoms with Crippen molar-refractivity contribution in [1.29, 1.82) is 0 Å². The van der Waals surface area contributed by atoms with E-state index < -0.39 is 16.7 Å². The number of benzene rings is 3. The van der Waals surface area contributed by atoms with E-state index in [-0.39, 0.29) is 11.4 Å². The first-order valence-electron chi connectivity index (χ1n) is 9.76. The van der Waals surface area contributed by atoms with E-state index in [4.69, 9.17) is 4.74 Å². The van der Waals surface area contributed by atoms with E-state index in [1.54, 1.807) is 67.8 Å². The van der Waals surface area contributed by atoms with Crippen molar-refractivity contribution in [3.8, 4) is 5.75 Å². The van der Waals surface area contributed by atoms with Gasteiger partial charge in [-0.25, -0.2) is 5.43 Å². The Morgan fingerprint density at radius 1 is 0.970 bits per heavy atom. The normalized spacial score (nSPS) is 11.1. The van der Waals surface area contributed by atoms with Crippen molar-refractivity contribution >= 4 is 29.8 Å². The van der Waals surface area contributed by atoms with Gasteiger partial charge in [-0.15, -0.1) is 0 Å². The van der Waals surface area contributed by atoms with Crippen molar-refractivity contribution in [3.63, 3.8) is 0 Å². The van der Waals surface area contributed by atoms with Gasteiger partial charge in [-0.3, -0.25) is 19.7 Å². The number of non-ortho nitro benzene ring substituents is 1. The predicted molar refractivity (Wildman–Crippen MR) is 124 cm³/mol. The van der Waals surface area contributed by atoms with E-state index in [0.717, 1.165) is 0 Å². The molecule has 3 rings (SSSR count). The number of methoxy groups -OCH3 is 1. The highest BCUT2D eigenvalue weighted by molar-refractivity contribution is 6.05. The number of amides is 2. The van der Waals surface area contributed by atoms with Gasteiger partial charge in [0.1, 0.15) is 11.4 Å². The lowest BCUT2D eigenvalue weighted by molar-refractivity contribution is -0.384. The molecule has 3 aromatic rings. The Hall–Kier alpha value is -4.79. The predicted octanol–water partition coefficient (Wildman–Crippen LogP) is 3.52. The monoisotopic (exact) mass is 444 g/mol. The summed E-state index contributed by atoms with van der Waals surface area (Å²) in [4.78, 5) is 35.7.